The quantitative estimate of drug-likeness (QED) is 0.848. The number of hydrogen-bond donors (Lipinski definition) is 1. The first-order valence-corrected chi connectivity index (χ1v) is 8.41. The molecular weight excluding hydrogens is 318 g/mol. The highest BCUT2D eigenvalue weighted by atomic mass is 16.5. The highest BCUT2D eigenvalue weighted by Gasteiger charge is 2.33. The molecule has 5 heteroatoms. The molecule has 130 valence electrons. The Morgan fingerprint density at radius 1 is 1.08 bits per heavy atom. The Bertz CT molecular complexity index is 741. The van der Waals surface area contributed by atoms with Gasteiger partial charge in [0, 0.05) is 17.2 Å². The van der Waals surface area contributed by atoms with Gasteiger partial charge in [0.1, 0.15) is 17.4 Å². The predicted octanol–water partition coefficient (Wildman–Crippen LogP) is 3.38. The molecule has 1 N–H and O–H groups in total. The Kier molecular flexibility index (Phi) is 5.03. The van der Waals surface area contributed by atoms with Crippen LogP contribution in [0.25, 0.3) is 0 Å². The van der Waals surface area contributed by atoms with Crippen LogP contribution in [0.1, 0.15) is 37.3 Å². The second-order valence-corrected chi connectivity index (χ2v) is 6.10. The number of rotatable bonds is 5. The summed E-state index contributed by atoms with van der Waals surface area (Å²) in [7, 11) is 0. The SMILES string of the molecule is CC[C@H](C)NC(=O)COC(=O)C1c2ccccc2Oc2ccccc21. The third kappa shape index (κ3) is 3.65. The van der Waals surface area contributed by atoms with E-state index < -0.39 is 11.9 Å². The van der Waals surface area contributed by atoms with Crippen LogP contribution >= 0.6 is 0 Å². The Morgan fingerprint density at radius 2 is 1.64 bits per heavy atom. The van der Waals surface area contributed by atoms with Gasteiger partial charge >= 0.3 is 5.97 Å². The summed E-state index contributed by atoms with van der Waals surface area (Å²) in [6.45, 7) is 3.60. The van der Waals surface area contributed by atoms with Crippen molar-refractivity contribution < 1.29 is 19.1 Å². The van der Waals surface area contributed by atoms with Crippen LogP contribution in [-0.2, 0) is 14.3 Å². The van der Waals surface area contributed by atoms with E-state index in [1.54, 1.807) is 0 Å². The minimum Gasteiger partial charge on any atom is -0.457 e. The van der Waals surface area contributed by atoms with Gasteiger partial charge in [-0.15, -0.1) is 0 Å². The Hall–Kier alpha value is -2.82. The zero-order chi connectivity index (χ0) is 17.8. The summed E-state index contributed by atoms with van der Waals surface area (Å²) in [6.07, 6.45) is 0.820. The van der Waals surface area contributed by atoms with E-state index in [0.29, 0.717) is 11.5 Å². The van der Waals surface area contributed by atoms with Crippen molar-refractivity contribution in [3.63, 3.8) is 0 Å². The van der Waals surface area contributed by atoms with Gasteiger partial charge in [-0.3, -0.25) is 9.59 Å². The van der Waals surface area contributed by atoms with E-state index in [9.17, 15) is 9.59 Å². The molecule has 1 heterocycles. The molecule has 0 saturated carbocycles. The Labute approximate surface area is 147 Å². The number of nitrogens with one attached hydrogen (secondary N) is 1. The average Bonchev–Trinajstić information content (AvgIpc) is 2.64. The largest absolute Gasteiger partial charge is 0.457 e. The van der Waals surface area contributed by atoms with Gasteiger partial charge in [0.05, 0.1) is 0 Å². The number of ether oxygens (including phenoxy) is 2. The molecule has 0 fully saturated rings. The molecule has 5 nitrogen and oxygen atoms in total. The molecule has 2 aromatic carbocycles. The van der Waals surface area contributed by atoms with Crippen LogP contribution in [0.5, 0.6) is 11.5 Å². The summed E-state index contributed by atoms with van der Waals surface area (Å²) in [4.78, 5) is 24.6. The summed E-state index contributed by atoms with van der Waals surface area (Å²) >= 11 is 0. The van der Waals surface area contributed by atoms with Crippen molar-refractivity contribution in [1.82, 2.24) is 5.32 Å². The second kappa shape index (κ2) is 7.38. The first kappa shape index (κ1) is 17.0. The topological polar surface area (TPSA) is 64.6 Å². The van der Waals surface area contributed by atoms with Gasteiger partial charge < -0.3 is 14.8 Å². The van der Waals surface area contributed by atoms with Crippen molar-refractivity contribution in [3.05, 3.63) is 59.7 Å². The van der Waals surface area contributed by atoms with Gasteiger partial charge in [0.15, 0.2) is 6.61 Å². The van der Waals surface area contributed by atoms with Gasteiger partial charge in [-0.1, -0.05) is 43.3 Å². The fourth-order valence-electron chi connectivity index (χ4n) is 2.80. The van der Waals surface area contributed by atoms with Crippen LogP contribution < -0.4 is 10.1 Å². The number of para-hydroxylation sites is 2. The smallest absolute Gasteiger partial charge is 0.318 e. The summed E-state index contributed by atoms with van der Waals surface area (Å²) in [5.41, 5.74) is 1.49. The standard InChI is InChI=1S/C20H21NO4/c1-3-13(2)21-18(22)12-24-20(23)19-14-8-4-6-10-16(14)25-17-11-7-5-9-15(17)19/h4-11,13,19H,3,12H2,1-2H3,(H,21,22)/t13-/m0/s1. The molecule has 3 rings (SSSR count). The van der Waals surface area contributed by atoms with E-state index in [0.717, 1.165) is 17.5 Å². The predicted molar refractivity (Wildman–Crippen MR) is 93.7 cm³/mol. The van der Waals surface area contributed by atoms with Crippen molar-refractivity contribution in [1.29, 1.82) is 0 Å². The maximum absolute atomic E-state index is 12.7. The molecule has 0 saturated heterocycles. The Morgan fingerprint density at radius 3 is 2.20 bits per heavy atom. The van der Waals surface area contributed by atoms with Crippen LogP contribution in [0.15, 0.2) is 48.5 Å². The first-order chi connectivity index (χ1) is 12.1. The molecule has 0 unspecified atom stereocenters. The van der Waals surface area contributed by atoms with Crippen LogP contribution in [0.4, 0.5) is 0 Å². The molecule has 0 bridgehead atoms. The fourth-order valence-corrected chi connectivity index (χ4v) is 2.80. The molecule has 1 aliphatic heterocycles. The molecule has 1 atom stereocenters. The third-order valence-corrected chi connectivity index (χ3v) is 4.28. The Balaban J connectivity index is 1.79. The van der Waals surface area contributed by atoms with Gasteiger partial charge in [0.25, 0.3) is 5.91 Å². The van der Waals surface area contributed by atoms with Crippen molar-refractivity contribution in [2.75, 3.05) is 6.61 Å². The number of carbonyl (C=O) groups is 2. The zero-order valence-electron chi connectivity index (χ0n) is 14.3. The van der Waals surface area contributed by atoms with Crippen LogP contribution in [0.2, 0.25) is 0 Å². The van der Waals surface area contributed by atoms with E-state index in [1.165, 1.54) is 0 Å². The third-order valence-electron chi connectivity index (χ3n) is 4.28. The molecule has 1 aliphatic rings. The number of esters is 1. The lowest BCUT2D eigenvalue weighted by molar-refractivity contribution is -0.149. The lowest BCUT2D eigenvalue weighted by atomic mass is 9.88. The first-order valence-electron chi connectivity index (χ1n) is 8.41. The van der Waals surface area contributed by atoms with Gasteiger partial charge in [0.2, 0.25) is 0 Å². The molecule has 0 aromatic heterocycles. The van der Waals surface area contributed by atoms with E-state index >= 15 is 0 Å². The zero-order valence-corrected chi connectivity index (χ0v) is 14.3. The van der Waals surface area contributed by atoms with Crippen LogP contribution in [-0.4, -0.2) is 24.5 Å². The van der Waals surface area contributed by atoms with Crippen LogP contribution in [0, 0.1) is 0 Å². The fraction of sp³-hybridized carbons (Fsp3) is 0.300. The molecule has 1 amide bonds. The van der Waals surface area contributed by atoms with Gasteiger partial charge in [-0.25, -0.2) is 0 Å². The summed E-state index contributed by atoms with van der Waals surface area (Å²) in [6, 6.07) is 14.8. The lowest BCUT2D eigenvalue weighted by Gasteiger charge is -2.26. The number of fused-ring (bicyclic) bond motifs is 2. The molecule has 0 spiro atoms. The van der Waals surface area contributed by atoms with E-state index in [1.807, 2.05) is 62.4 Å². The molecular formula is C20H21NO4. The minimum atomic E-state index is -0.599. The molecule has 0 radical (unpaired) electrons. The maximum atomic E-state index is 12.7. The highest BCUT2D eigenvalue weighted by molar-refractivity contribution is 5.87. The number of benzene rings is 2. The van der Waals surface area contributed by atoms with Gasteiger partial charge in [-0.2, -0.15) is 0 Å². The van der Waals surface area contributed by atoms with Crippen LogP contribution in [0.3, 0.4) is 0 Å². The lowest BCUT2D eigenvalue weighted by Crippen LogP contribution is -2.36. The minimum absolute atomic E-state index is 0.0516. The highest BCUT2D eigenvalue weighted by Crippen LogP contribution is 2.44. The number of amides is 1. The summed E-state index contributed by atoms with van der Waals surface area (Å²) in [5, 5.41) is 2.79. The van der Waals surface area contributed by atoms with Crippen molar-refractivity contribution in [2.24, 2.45) is 0 Å². The number of hydrogen-bond acceptors (Lipinski definition) is 4. The summed E-state index contributed by atoms with van der Waals surface area (Å²) < 4.78 is 11.2. The molecule has 25 heavy (non-hydrogen) atoms. The van der Waals surface area contributed by atoms with Gasteiger partial charge in [-0.05, 0) is 25.5 Å². The van der Waals surface area contributed by atoms with E-state index in [2.05, 4.69) is 5.32 Å². The summed E-state index contributed by atoms with van der Waals surface area (Å²) in [5.74, 6) is -0.0872. The van der Waals surface area contributed by atoms with Crippen molar-refractivity contribution in [3.8, 4) is 11.5 Å². The monoisotopic (exact) mass is 339 g/mol. The average molecular weight is 339 g/mol. The van der Waals surface area contributed by atoms with Crippen molar-refractivity contribution >= 4 is 11.9 Å². The number of carbonyl (C=O) groups excluding carboxylic acids is 2. The van der Waals surface area contributed by atoms with E-state index in [-0.39, 0.29) is 18.6 Å². The maximum Gasteiger partial charge on any atom is 0.318 e. The normalized spacial score (nSPS) is 13.8. The van der Waals surface area contributed by atoms with E-state index in [4.69, 9.17) is 9.47 Å². The molecule has 2 aromatic rings. The molecule has 0 aliphatic carbocycles. The van der Waals surface area contributed by atoms with Crippen molar-refractivity contribution in [2.45, 2.75) is 32.2 Å². The second-order valence-electron chi connectivity index (χ2n) is 6.10.